The maximum Gasteiger partial charge on any atom is 0.337 e. The molecule has 164 valence electrons. The zero-order valence-electron chi connectivity index (χ0n) is 19.7. The molecular formula is C25H35NO4. The molecule has 2 rings (SSSR count). The van der Waals surface area contributed by atoms with Gasteiger partial charge in [-0.15, -0.1) is 0 Å². The van der Waals surface area contributed by atoms with E-state index in [1.165, 1.54) is 5.56 Å². The number of nitrogens with one attached hydrogen (secondary N) is 1. The summed E-state index contributed by atoms with van der Waals surface area (Å²) in [7, 11) is 0. The number of esters is 2. The minimum atomic E-state index is -0.650. The lowest BCUT2D eigenvalue weighted by atomic mass is 9.80. The minimum absolute atomic E-state index is 0.431. The van der Waals surface area contributed by atoms with Crippen LogP contribution in [0, 0.1) is 0 Å². The summed E-state index contributed by atoms with van der Waals surface area (Å²) in [4.78, 5) is 26.4. The van der Waals surface area contributed by atoms with Crippen LogP contribution in [0.4, 0.5) is 0 Å². The van der Waals surface area contributed by atoms with E-state index in [2.05, 4.69) is 12.2 Å². The number of aryl methyl sites for hydroxylation is 1. The molecule has 0 unspecified atom stereocenters. The van der Waals surface area contributed by atoms with Crippen molar-refractivity contribution >= 4 is 11.9 Å². The van der Waals surface area contributed by atoms with E-state index >= 15 is 0 Å². The summed E-state index contributed by atoms with van der Waals surface area (Å²) < 4.78 is 11.4. The van der Waals surface area contributed by atoms with Crippen molar-refractivity contribution in [1.82, 2.24) is 5.32 Å². The highest BCUT2D eigenvalue weighted by atomic mass is 16.6. The molecule has 1 aliphatic rings. The summed E-state index contributed by atoms with van der Waals surface area (Å²) >= 11 is 0. The molecule has 1 aromatic carbocycles. The number of carbonyl (C=O) groups excluding carboxylic acids is 2. The van der Waals surface area contributed by atoms with Crippen LogP contribution >= 0.6 is 0 Å². The van der Waals surface area contributed by atoms with Crippen molar-refractivity contribution in [2.24, 2.45) is 0 Å². The summed E-state index contributed by atoms with van der Waals surface area (Å²) in [5.41, 5.74) is 2.96. The van der Waals surface area contributed by atoms with Crippen LogP contribution in [-0.2, 0) is 25.5 Å². The van der Waals surface area contributed by atoms with Crippen molar-refractivity contribution in [2.45, 2.75) is 85.9 Å². The van der Waals surface area contributed by atoms with E-state index in [1.54, 1.807) is 0 Å². The predicted octanol–water partition coefficient (Wildman–Crippen LogP) is 5.17. The van der Waals surface area contributed by atoms with Crippen molar-refractivity contribution in [3.63, 3.8) is 0 Å². The van der Waals surface area contributed by atoms with Crippen LogP contribution < -0.4 is 5.32 Å². The summed E-state index contributed by atoms with van der Waals surface area (Å²) in [5, 5.41) is 3.19. The van der Waals surface area contributed by atoms with Gasteiger partial charge in [0.15, 0.2) is 0 Å². The second kappa shape index (κ2) is 8.66. The Balaban J connectivity index is 2.63. The monoisotopic (exact) mass is 413 g/mol. The Kier molecular flexibility index (Phi) is 6.85. The molecule has 0 atom stereocenters. The fraction of sp³-hybridized carbons (Fsp3) is 0.520. The number of hydrogen-bond acceptors (Lipinski definition) is 5. The van der Waals surface area contributed by atoms with E-state index in [4.69, 9.17) is 9.47 Å². The first-order chi connectivity index (χ1) is 13.7. The molecule has 0 spiro atoms. The fourth-order valence-corrected chi connectivity index (χ4v) is 3.48. The Morgan fingerprint density at radius 2 is 1.23 bits per heavy atom. The lowest BCUT2D eigenvalue weighted by Gasteiger charge is -2.33. The van der Waals surface area contributed by atoms with Crippen molar-refractivity contribution in [1.29, 1.82) is 0 Å². The Morgan fingerprint density at radius 3 is 1.57 bits per heavy atom. The van der Waals surface area contributed by atoms with Crippen molar-refractivity contribution < 1.29 is 19.1 Å². The maximum atomic E-state index is 13.2. The molecule has 1 aliphatic heterocycles. The van der Waals surface area contributed by atoms with Gasteiger partial charge < -0.3 is 14.8 Å². The average Bonchev–Trinajstić information content (AvgIpc) is 2.57. The second-order valence-corrected chi connectivity index (χ2v) is 9.73. The molecule has 0 saturated carbocycles. The van der Waals surface area contributed by atoms with Crippen LogP contribution in [0.2, 0.25) is 0 Å². The molecule has 5 heteroatoms. The van der Waals surface area contributed by atoms with Gasteiger partial charge in [-0.2, -0.15) is 0 Å². The van der Waals surface area contributed by atoms with Gasteiger partial charge in [0.25, 0.3) is 0 Å². The Hall–Kier alpha value is -2.56. The van der Waals surface area contributed by atoms with Crippen LogP contribution in [0.25, 0.3) is 0 Å². The maximum absolute atomic E-state index is 13.2. The summed E-state index contributed by atoms with van der Waals surface area (Å²) in [6.45, 7) is 16.7. The van der Waals surface area contributed by atoms with Gasteiger partial charge >= 0.3 is 11.9 Å². The van der Waals surface area contributed by atoms with E-state index in [0.717, 1.165) is 12.0 Å². The third kappa shape index (κ3) is 5.74. The summed E-state index contributed by atoms with van der Waals surface area (Å²) in [5.74, 6) is -1.45. The minimum Gasteiger partial charge on any atom is -0.457 e. The van der Waals surface area contributed by atoms with E-state index in [-0.39, 0.29) is 0 Å². The standard InChI is InChI=1S/C25H35NO4/c1-10-17-11-13-18(14-12-17)21-19(22(27)29-24(4,5)6)15(2)26-16(3)20(21)23(28)30-25(7,8)9/h11-14,21,26H,10H2,1-9H3. The Labute approximate surface area is 180 Å². The van der Waals surface area contributed by atoms with E-state index in [0.29, 0.717) is 22.5 Å². The van der Waals surface area contributed by atoms with Crippen LogP contribution in [0.3, 0.4) is 0 Å². The van der Waals surface area contributed by atoms with Gasteiger partial charge in [0.2, 0.25) is 0 Å². The van der Waals surface area contributed by atoms with Gasteiger partial charge in [-0.3, -0.25) is 0 Å². The fourth-order valence-electron chi connectivity index (χ4n) is 3.48. The highest BCUT2D eigenvalue weighted by Gasteiger charge is 2.39. The van der Waals surface area contributed by atoms with Crippen molar-refractivity contribution in [3.05, 3.63) is 57.9 Å². The summed E-state index contributed by atoms with van der Waals surface area (Å²) in [6, 6.07) is 8.01. The quantitative estimate of drug-likeness (QED) is 0.690. The predicted molar refractivity (Wildman–Crippen MR) is 119 cm³/mol. The third-order valence-corrected chi connectivity index (χ3v) is 4.72. The van der Waals surface area contributed by atoms with E-state index in [1.807, 2.05) is 79.7 Å². The molecule has 0 radical (unpaired) electrons. The zero-order valence-corrected chi connectivity index (χ0v) is 19.7. The topological polar surface area (TPSA) is 64.6 Å². The second-order valence-electron chi connectivity index (χ2n) is 9.73. The van der Waals surface area contributed by atoms with E-state index in [9.17, 15) is 9.59 Å². The van der Waals surface area contributed by atoms with Crippen LogP contribution in [0.1, 0.15) is 79.4 Å². The molecule has 5 nitrogen and oxygen atoms in total. The van der Waals surface area contributed by atoms with Crippen LogP contribution in [0.5, 0.6) is 0 Å². The van der Waals surface area contributed by atoms with Gasteiger partial charge in [-0.1, -0.05) is 31.2 Å². The lowest BCUT2D eigenvalue weighted by Crippen LogP contribution is -2.36. The number of allylic oxidation sites excluding steroid dienone is 2. The molecule has 0 bridgehead atoms. The lowest BCUT2D eigenvalue weighted by molar-refractivity contribution is -0.150. The summed E-state index contributed by atoms with van der Waals surface area (Å²) in [6.07, 6.45) is 0.911. The van der Waals surface area contributed by atoms with Crippen molar-refractivity contribution in [3.8, 4) is 0 Å². The number of hydrogen-bond donors (Lipinski definition) is 1. The number of ether oxygens (including phenoxy) is 2. The average molecular weight is 414 g/mol. The van der Waals surface area contributed by atoms with Gasteiger partial charge in [-0.05, 0) is 72.9 Å². The van der Waals surface area contributed by atoms with Gasteiger partial charge in [0.1, 0.15) is 11.2 Å². The highest BCUT2D eigenvalue weighted by Crippen LogP contribution is 2.40. The molecule has 1 heterocycles. The SMILES string of the molecule is CCc1ccc(C2C(C(=O)OC(C)(C)C)=C(C)NC(C)=C2C(=O)OC(C)(C)C)cc1. The Bertz CT molecular complexity index is 827. The van der Waals surface area contributed by atoms with Gasteiger partial charge in [0, 0.05) is 11.4 Å². The van der Waals surface area contributed by atoms with Crippen LogP contribution in [0.15, 0.2) is 46.8 Å². The molecule has 0 aromatic heterocycles. The molecular weight excluding hydrogens is 378 g/mol. The van der Waals surface area contributed by atoms with Crippen molar-refractivity contribution in [2.75, 3.05) is 0 Å². The Morgan fingerprint density at radius 1 is 0.833 bits per heavy atom. The first-order valence-electron chi connectivity index (χ1n) is 10.5. The first-order valence-corrected chi connectivity index (χ1v) is 10.5. The van der Waals surface area contributed by atoms with Gasteiger partial charge in [-0.25, -0.2) is 9.59 Å². The van der Waals surface area contributed by atoms with Crippen LogP contribution in [-0.4, -0.2) is 23.1 Å². The normalized spacial score (nSPS) is 15.8. The number of rotatable bonds is 4. The molecule has 0 amide bonds. The smallest absolute Gasteiger partial charge is 0.337 e. The third-order valence-electron chi connectivity index (χ3n) is 4.72. The molecule has 0 aliphatic carbocycles. The number of carbonyl (C=O) groups is 2. The number of benzene rings is 1. The first kappa shape index (κ1) is 23.7. The van der Waals surface area contributed by atoms with E-state index < -0.39 is 29.1 Å². The number of dihydropyridines is 1. The molecule has 1 N–H and O–H groups in total. The molecule has 1 aromatic rings. The highest BCUT2D eigenvalue weighted by molar-refractivity contribution is 6.00. The zero-order chi connectivity index (χ0) is 22.9. The van der Waals surface area contributed by atoms with Gasteiger partial charge in [0.05, 0.1) is 17.1 Å². The molecule has 0 fully saturated rings. The largest absolute Gasteiger partial charge is 0.457 e. The molecule has 30 heavy (non-hydrogen) atoms. The molecule has 0 saturated heterocycles.